The van der Waals surface area contributed by atoms with E-state index in [-0.39, 0.29) is 5.91 Å². The van der Waals surface area contributed by atoms with E-state index >= 15 is 0 Å². The third-order valence-electron chi connectivity index (χ3n) is 3.68. The van der Waals surface area contributed by atoms with E-state index in [1.807, 2.05) is 24.3 Å². The Morgan fingerprint density at radius 3 is 2.90 bits per heavy atom. The lowest BCUT2D eigenvalue weighted by Crippen LogP contribution is -2.25. The highest BCUT2D eigenvalue weighted by molar-refractivity contribution is 7.80. The van der Waals surface area contributed by atoms with Crippen LogP contribution < -0.4 is 11.1 Å². The summed E-state index contributed by atoms with van der Waals surface area (Å²) >= 11 is 4.90. The van der Waals surface area contributed by atoms with Gasteiger partial charge in [-0.2, -0.15) is 0 Å². The molecule has 0 aromatic heterocycles. The van der Waals surface area contributed by atoms with Crippen molar-refractivity contribution in [2.45, 2.75) is 38.5 Å². The molecule has 1 amide bonds. The Hall–Kier alpha value is -1.68. The third kappa shape index (κ3) is 5.31. The van der Waals surface area contributed by atoms with Crippen LogP contribution in [0.2, 0.25) is 0 Å². The van der Waals surface area contributed by atoms with Gasteiger partial charge in [-0.1, -0.05) is 36.0 Å². The van der Waals surface area contributed by atoms with E-state index in [4.69, 9.17) is 18.0 Å². The van der Waals surface area contributed by atoms with Gasteiger partial charge in [-0.15, -0.1) is 0 Å². The maximum Gasteiger partial charge on any atom is 0.251 e. The van der Waals surface area contributed by atoms with E-state index in [2.05, 4.69) is 11.4 Å². The Bertz CT molecular complexity index is 551. The number of carbonyl (C=O) groups is 1. The van der Waals surface area contributed by atoms with E-state index < -0.39 is 0 Å². The van der Waals surface area contributed by atoms with Gasteiger partial charge in [-0.3, -0.25) is 4.79 Å². The van der Waals surface area contributed by atoms with Crippen LogP contribution in [-0.2, 0) is 6.42 Å². The number of nitrogens with two attached hydrogens (primary N) is 1. The first-order valence-electron chi connectivity index (χ1n) is 7.48. The number of nitrogens with one attached hydrogen (secondary N) is 1. The first kappa shape index (κ1) is 15.7. The second-order valence-electron chi connectivity index (χ2n) is 5.46. The zero-order valence-electron chi connectivity index (χ0n) is 12.2. The molecule has 0 atom stereocenters. The second-order valence-corrected chi connectivity index (χ2v) is 5.98. The number of allylic oxidation sites excluding steroid dienone is 1. The molecule has 0 spiro atoms. The first-order valence-corrected chi connectivity index (χ1v) is 7.89. The lowest BCUT2D eigenvalue weighted by molar-refractivity contribution is 0.0954. The summed E-state index contributed by atoms with van der Waals surface area (Å²) in [6, 6.07) is 7.47. The summed E-state index contributed by atoms with van der Waals surface area (Å²) in [5.74, 6) is -0.0313. The van der Waals surface area contributed by atoms with Gasteiger partial charge in [0.15, 0.2) is 0 Å². The molecule has 1 aromatic carbocycles. The molecule has 0 aliphatic heterocycles. The standard InChI is InChI=1S/C17H22N2OS/c18-16(21)12-14-7-4-8-15(11-14)17(20)19-10-9-13-5-2-1-3-6-13/h4-5,7-8,11H,1-3,6,9-10,12H2,(H2,18,21)(H,19,20). The molecule has 1 aromatic rings. The average molecular weight is 302 g/mol. The van der Waals surface area contributed by atoms with Crippen LogP contribution in [0.3, 0.4) is 0 Å². The molecule has 0 saturated heterocycles. The molecular formula is C17H22N2OS. The van der Waals surface area contributed by atoms with Crippen LogP contribution in [0.1, 0.15) is 48.0 Å². The molecule has 0 fully saturated rings. The summed E-state index contributed by atoms with van der Waals surface area (Å²) in [5.41, 5.74) is 8.66. The Morgan fingerprint density at radius 1 is 1.33 bits per heavy atom. The Morgan fingerprint density at radius 2 is 2.19 bits per heavy atom. The second kappa shape index (κ2) is 7.93. The highest BCUT2D eigenvalue weighted by atomic mass is 32.1. The molecular weight excluding hydrogens is 280 g/mol. The minimum Gasteiger partial charge on any atom is -0.393 e. The van der Waals surface area contributed by atoms with E-state index in [1.165, 1.54) is 31.3 Å². The molecule has 1 aliphatic rings. The topological polar surface area (TPSA) is 55.1 Å². The molecule has 21 heavy (non-hydrogen) atoms. The molecule has 1 aliphatic carbocycles. The van der Waals surface area contributed by atoms with Crippen LogP contribution in [0, 0.1) is 0 Å². The molecule has 0 unspecified atom stereocenters. The predicted molar refractivity (Wildman–Crippen MR) is 90.4 cm³/mol. The van der Waals surface area contributed by atoms with Crippen LogP contribution in [0.25, 0.3) is 0 Å². The lowest BCUT2D eigenvalue weighted by Gasteiger charge is -2.13. The highest BCUT2D eigenvalue weighted by Gasteiger charge is 2.08. The van der Waals surface area contributed by atoms with Gasteiger partial charge >= 0.3 is 0 Å². The maximum absolute atomic E-state index is 12.1. The van der Waals surface area contributed by atoms with Gasteiger partial charge in [0.05, 0.1) is 4.99 Å². The monoisotopic (exact) mass is 302 g/mol. The van der Waals surface area contributed by atoms with Crippen molar-refractivity contribution in [1.29, 1.82) is 0 Å². The number of thiocarbonyl (C=S) groups is 1. The molecule has 3 N–H and O–H groups in total. The molecule has 4 heteroatoms. The summed E-state index contributed by atoms with van der Waals surface area (Å²) < 4.78 is 0. The van der Waals surface area contributed by atoms with Crippen LogP contribution in [-0.4, -0.2) is 17.4 Å². The largest absolute Gasteiger partial charge is 0.393 e. The summed E-state index contributed by atoms with van der Waals surface area (Å²) in [6.07, 6.45) is 8.75. The van der Waals surface area contributed by atoms with Gasteiger partial charge in [-0.25, -0.2) is 0 Å². The normalized spacial score (nSPS) is 14.4. The number of hydrogen-bond donors (Lipinski definition) is 2. The van der Waals surface area contributed by atoms with Crippen LogP contribution in [0.15, 0.2) is 35.9 Å². The van der Waals surface area contributed by atoms with Gasteiger partial charge in [0.25, 0.3) is 5.91 Å². The fraction of sp³-hybridized carbons (Fsp3) is 0.412. The fourth-order valence-electron chi connectivity index (χ4n) is 2.59. The van der Waals surface area contributed by atoms with Crippen molar-refractivity contribution in [3.05, 3.63) is 47.0 Å². The molecule has 0 bridgehead atoms. The first-order chi connectivity index (χ1) is 10.1. The van der Waals surface area contributed by atoms with Gasteiger partial charge in [-0.05, 0) is 49.8 Å². The van der Waals surface area contributed by atoms with Gasteiger partial charge in [0, 0.05) is 18.5 Å². The van der Waals surface area contributed by atoms with Crippen LogP contribution in [0.5, 0.6) is 0 Å². The molecule has 0 saturated carbocycles. The lowest BCUT2D eigenvalue weighted by atomic mass is 9.97. The quantitative estimate of drug-likeness (QED) is 0.627. The number of carbonyl (C=O) groups excluding carboxylic acids is 1. The van der Waals surface area contributed by atoms with Gasteiger partial charge < -0.3 is 11.1 Å². The average Bonchev–Trinajstić information content (AvgIpc) is 2.48. The van der Waals surface area contributed by atoms with E-state index in [9.17, 15) is 4.79 Å². The molecule has 3 nitrogen and oxygen atoms in total. The molecule has 0 heterocycles. The zero-order chi connectivity index (χ0) is 15.1. The Labute approximate surface area is 131 Å². The predicted octanol–water partition coefficient (Wildman–Crippen LogP) is 3.14. The maximum atomic E-state index is 12.1. The summed E-state index contributed by atoms with van der Waals surface area (Å²) in [7, 11) is 0. The smallest absolute Gasteiger partial charge is 0.251 e. The summed E-state index contributed by atoms with van der Waals surface area (Å²) in [5, 5.41) is 2.98. The third-order valence-corrected chi connectivity index (χ3v) is 3.83. The number of hydrogen-bond acceptors (Lipinski definition) is 2. The fourth-order valence-corrected chi connectivity index (χ4v) is 2.76. The zero-order valence-corrected chi connectivity index (χ0v) is 13.0. The number of amides is 1. The summed E-state index contributed by atoms with van der Waals surface area (Å²) in [6.45, 7) is 0.699. The van der Waals surface area contributed by atoms with E-state index in [0.717, 1.165) is 12.0 Å². The molecule has 0 radical (unpaired) electrons. The highest BCUT2D eigenvalue weighted by Crippen LogP contribution is 2.19. The number of rotatable bonds is 6. The van der Waals surface area contributed by atoms with Crippen molar-refractivity contribution in [3.63, 3.8) is 0 Å². The SMILES string of the molecule is NC(=S)Cc1cccc(C(=O)NCCC2=CCCCC2)c1. The van der Waals surface area contributed by atoms with Gasteiger partial charge in [0.1, 0.15) is 0 Å². The van der Waals surface area contributed by atoms with Crippen molar-refractivity contribution in [2.24, 2.45) is 5.73 Å². The summed E-state index contributed by atoms with van der Waals surface area (Å²) in [4.78, 5) is 12.6. The molecule has 112 valence electrons. The minimum absolute atomic E-state index is 0.0313. The Kier molecular flexibility index (Phi) is 5.93. The van der Waals surface area contributed by atoms with Crippen LogP contribution >= 0.6 is 12.2 Å². The number of benzene rings is 1. The molecule has 2 rings (SSSR count). The van der Waals surface area contributed by atoms with Crippen molar-refractivity contribution in [1.82, 2.24) is 5.32 Å². The Balaban J connectivity index is 1.85. The van der Waals surface area contributed by atoms with Crippen molar-refractivity contribution in [2.75, 3.05) is 6.54 Å². The van der Waals surface area contributed by atoms with Crippen molar-refractivity contribution >= 4 is 23.1 Å². The van der Waals surface area contributed by atoms with Crippen molar-refractivity contribution in [3.8, 4) is 0 Å². The van der Waals surface area contributed by atoms with E-state index in [1.54, 1.807) is 0 Å². The van der Waals surface area contributed by atoms with E-state index in [0.29, 0.717) is 23.5 Å². The van der Waals surface area contributed by atoms with Crippen molar-refractivity contribution < 1.29 is 4.79 Å². The van der Waals surface area contributed by atoms with Gasteiger partial charge in [0.2, 0.25) is 0 Å². The minimum atomic E-state index is -0.0313. The van der Waals surface area contributed by atoms with Crippen LogP contribution in [0.4, 0.5) is 0 Å².